The first-order chi connectivity index (χ1) is 13.7. The fourth-order valence-electron chi connectivity index (χ4n) is 3.84. The molecule has 8 heteroatoms. The van der Waals surface area contributed by atoms with E-state index in [2.05, 4.69) is 56.9 Å². The number of hydrogen-bond donors (Lipinski definition) is 1. The van der Waals surface area contributed by atoms with Gasteiger partial charge in [-0.2, -0.15) is 5.10 Å². The van der Waals surface area contributed by atoms with Crippen LogP contribution in [0.5, 0.6) is 0 Å². The number of hydrogen-bond acceptors (Lipinski definition) is 5. The number of nitrogens with zero attached hydrogens (tertiary/aromatic N) is 6. The highest BCUT2D eigenvalue weighted by atomic mass is 16.2. The quantitative estimate of drug-likeness (QED) is 0.710. The fourth-order valence-corrected chi connectivity index (χ4v) is 3.84. The summed E-state index contributed by atoms with van der Waals surface area (Å²) in [6.07, 6.45) is 6.80. The molecule has 0 unspecified atom stereocenters. The van der Waals surface area contributed by atoms with Crippen LogP contribution in [-0.2, 0) is 11.3 Å². The predicted octanol–water partition coefficient (Wildman–Crippen LogP) is 2.56. The van der Waals surface area contributed by atoms with Crippen molar-refractivity contribution in [1.29, 1.82) is 0 Å². The summed E-state index contributed by atoms with van der Waals surface area (Å²) in [7, 11) is 0. The molecule has 1 amide bonds. The van der Waals surface area contributed by atoms with Crippen LogP contribution >= 0.6 is 0 Å². The predicted molar refractivity (Wildman–Crippen MR) is 104 cm³/mol. The van der Waals surface area contributed by atoms with E-state index < -0.39 is 0 Å². The molecule has 2 aromatic heterocycles. The van der Waals surface area contributed by atoms with E-state index in [1.54, 1.807) is 11.0 Å². The molecule has 0 saturated carbocycles. The third-order valence-electron chi connectivity index (χ3n) is 5.38. The van der Waals surface area contributed by atoms with Gasteiger partial charge in [-0.15, -0.1) is 5.10 Å². The van der Waals surface area contributed by atoms with E-state index in [0.29, 0.717) is 13.0 Å². The molecule has 8 nitrogen and oxygen atoms in total. The second-order valence-electron chi connectivity index (χ2n) is 7.42. The highest BCUT2D eigenvalue weighted by Crippen LogP contribution is 2.33. The van der Waals surface area contributed by atoms with Crippen molar-refractivity contribution in [2.24, 2.45) is 0 Å². The Morgan fingerprint density at radius 1 is 1.29 bits per heavy atom. The van der Waals surface area contributed by atoms with Crippen molar-refractivity contribution in [2.75, 3.05) is 13.1 Å². The molecule has 0 spiro atoms. The van der Waals surface area contributed by atoms with Crippen molar-refractivity contribution >= 4 is 5.91 Å². The number of rotatable bonds is 6. The van der Waals surface area contributed by atoms with E-state index in [0.717, 1.165) is 43.6 Å². The zero-order chi connectivity index (χ0) is 19.3. The van der Waals surface area contributed by atoms with E-state index in [1.165, 1.54) is 11.1 Å². The van der Waals surface area contributed by atoms with Gasteiger partial charge in [0.25, 0.3) is 0 Å². The topological polar surface area (TPSA) is 92.6 Å². The summed E-state index contributed by atoms with van der Waals surface area (Å²) in [5.74, 6) is 0.491. The molecule has 0 aliphatic carbocycles. The van der Waals surface area contributed by atoms with E-state index in [4.69, 9.17) is 0 Å². The van der Waals surface area contributed by atoms with Crippen LogP contribution in [0, 0.1) is 6.92 Å². The Hall–Kier alpha value is -3.03. The number of aromatic amines is 1. The molecule has 1 N–H and O–H groups in total. The number of aryl methyl sites for hydroxylation is 2. The molecule has 28 heavy (non-hydrogen) atoms. The average molecular weight is 379 g/mol. The zero-order valence-corrected chi connectivity index (χ0v) is 16.1. The van der Waals surface area contributed by atoms with Crippen molar-refractivity contribution < 1.29 is 4.79 Å². The Labute approximate surface area is 163 Å². The van der Waals surface area contributed by atoms with Crippen molar-refractivity contribution in [3.05, 3.63) is 48.0 Å². The highest BCUT2D eigenvalue weighted by molar-refractivity contribution is 5.76. The summed E-state index contributed by atoms with van der Waals surface area (Å²) in [6.45, 7) is 4.32. The third kappa shape index (κ3) is 4.11. The number of carbonyl (C=O) groups excluding carboxylic acids is 1. The van der Waals surface area contributed by atoms with Crippen LogP contribution < -0.4 is 0 Å². The average Bonchev–Trinajstić information content (AvgIpc) is 3.41. The summed E-state index contributed by atoms with van der Waals surface area (Å²) in [5.41, 5.74) is 4.68. The van der Waals surface area contributed by atoms with Crippen LogP contribution in [0.3, 0.4) is 0 Å². The van der Waals surface area contributed by atoms with E-state index in [9.17, 15) is 4.79 Å². The van der Waals surface area contributed by atoms with Crippen LogP contribution in [0.2, 0.25) is 0 Å². The van der Waals surface area contributed by atoms with Crippen LogP contribution in [0.4, 0.5) is 0 Å². The first-order valence-corrected chi connectivity index (χ1v) is 9.79. The lowest BCUT2D eigenvalue weighted by atomic mass is 9.90. The summed E-state index contributed by atoms with van der Waals surface area (Å²) in [4.78, 5) is 14.7. The first kappa shape index (κ1) is 18.3. The highest BCUT2D eigenvalue weighted by Gasteiger charge is 2.27. The smallest absolute Gasteiger partial charge is 0.222 e. The molecule has 1 aliphatic heterocycles. The molecule has 1 aromatic carbocycles. The van der Waals surface area contributed by atoms with Gasteiger partial charge in [-0.3, -0.25) is 9.89 Å². The summed E-state index contributed by atoms with van der Waals surface area (Å²) in [5, 5.41) is 18.6. The lowest BCUT2D eigenvalue weighted by Crippen LogP contribution is -2.39. The molecule has 3 aromatic rings. The van der Waals surface area contributed by atoms with Crippen LogP contribution in [0.25, 0.3) is 11.1 Å². The van der Waals surface area contributed by atoms with Gasteiger partial charge in [0.15, 0.2) is 0 Å². The Kier molecular flexibility index (Phi) is 5.45. The molecule has 3 heterocycles. The first-order valence-electron chi connectivity index (χ1n) is 9.79. The summed E-state index contributed by atoms with van der Waals surface area (Å²) >= 11 is 0. The Bertz CT molecular complexity index is 901. The second kappa shape index (κ2) is 8.33. The number of nitrogens with one attached hydrogen (secondary N) is 1. The molecule has 0 bridgehead atoms. The normalized spacial score (nSPS) is 17.0. The molecule has 4 rings (SSSR count). The number of H-pyrrole nitrogens is 1. The Morgan fingerprint density at radius 3 is 2.93 bits per heavy atom. The van der Waals surface area contributed by atoms with Crippen LogP contribution in [0.1, 0.15) is 42.9 Å². The fraction of sp³-hybridized carbons (Fsp3) is 0.450. The van der Waals surface area contributed by atoms with Gasteiger partial charge in [0, 0.05) is 43.2 Å². The molecule has 1 aliphatic rings. The second-order valence-corrected chi connectivity index (χ2v) is 7.42. The molecule has 1 saturated heterocycles. The number of tetrazole rings is 1. The maximum atomic E-state index is 12.7. The van der Waals surface area contributed by atoms with Gasteiger partial charge in [0.05, 0.1) is 6.20 Å². The van der Waals surface area contributed by atoms with Crippen molar-refractivity contribution in [2.45, 2.75) is 45.1 Å². The van der Waals surface area contributed by atoms with Gasteiger partial charge in [0.2, 0.25) is 5.91 Å². The van der Waals surface area contributed by atoms with E-state index >= 15 is 0 Å². The minimum Gasteiger partial charge on any atom is -0.342 e. The van der Waals surface area contributed by atoms with E-state index in [-0.39, 0.29) is 11.8 Å². The Morgan fingerprint density at radius 2 is 2.14 bits per heavy atom. The molecular formula is C20H25N7O. The zero-order valence-electron chi connectivity index (χ0n) is 16.1. The number of likely N-dealkylation sites (tertiary alicyclic amines) is 1. The summed E-state index contributed by atoms with van der Waals surface area (Å²) in [6, 6.07) is 8.50. The Balaban J connectivity index is 1.39. The van der Waals surface area contributed by atoms with Gasteiger partial charge < -0.3 is 4.90 Å². The molecule has 146 valence electrons. The molecule has 1 fully saturated rings. The number of benzene rings is 1. The van der Waals surface area contributed by atoms with Gasteiger partial charge >= 0.3 is 0 Å². The minimum absolute atomic E-state index is 0.203. The molecule has 1 atom stereocenters. The van der Waals surface area contributed by atoms with Gasteiger partial charge in [0.1, 0.15) is 6.33 Å². The minimum atomic E-state index is 0.203. The number of piperidine rings is 1. The van der Waals surface area contributed by atoms with Crippen molar-refractivity contribution in [1.82, 2.24) is 35.3 Å². The standard InChI is InChI=1S/C20H25N7O/c1-15-6-8-16(9-7-15)18-12-21-23-20(18)17-4-2-10-26(13-17)19(28)5-3-11-27-14-22-24-25-27/h6-9,12,14,17H,2-5,10-11,13H2,1H3,(H,21,23)/t17-/m0/s1. The van der Waals surface area contributed by atoms with Gasteiger partial charge in [-0.05, 0) is 42.2 Å². The maximum Gasteiger partial charge on any atom is 0.222 e. The summed E-state index contributed by atoms with van der Waals surface area (Å²) < 4.78 is 1.66. The van der Waals surface area contributed by atoms with Crippen molar-refractivity contribution in [3.63, 3.8) is 0 Å². The lowest BCUT2D eigenvalue weighted by molar-refractivity contribution is -0.132. The van der Waals surface area contributed by atoms with Crippen LogP contribution in [-0.4, -0.2) is 54.3 Å². The van der Waals surface area contributed by atoms with Crippen molar-refractivity contribution in [3.8, 4) is 11.1 Å². The number of carbonyl (C=O) groups is 1. The number of amides is 1. The molecule has 0 radical (unpaired) electrons. The third-order valence-corrected chi connectivity index (χ3v) is 5.38. The molecular weight excluding hydrogens is 354 g/mol. The maximum absolute atomic E-state index is 12.7. The van der Waals surface area contributed by atoms with Gasteiger partial charge in [-0.1, -0.05) is 29.8 Å². The van der Waals surface area contributed by atoms with E-state index in [1.807, 2.05) is 11.1 Å². The largest absolute Gasteiger partial charge is 0.342 e. The lowest BCUT2D eigenvalue weighted by Gasteiger charge is -2.33. The SMILES string of the molecule is Cc1ccc(-c2cn[nH]c2[C@H]2CCCN(C(=O)CCCn3cnnn3)C2)cc1. The van der Waals surface area contributed by atoms with Gasteiger partial charge in [-0.25, -0.2) is 4.68 Å². The monoisotopic (exact) mass is 379 g/mol. The number of aromatic nitrogens is 6. The van der Waals surface area contributed by atoms with Crippen LogP contribution in [0.15, 0.2) is 36.8 Å².